The summed E-state index contributed by atoms with van der Waals surface area (Å²) < 4.78 is 1.84. The van der Waals surface area contributed by atoms with E-state index >= 15 is 0 Å². The van der Waals surface area contributed by atoms with Crippen molar-refractivity contribution in [1.82, 2.24) is 9.88 Å². The summed E-state index contributed by atoms with van der Waals surface area (Å²) in [5.41, 5.74) is 2.67. The Hall–Kier alpha value is -4.87. The van der Waals surface area contributed by atoms with Crippen LogP contribution in [0.4, 0.5) is 17.1 Å². The summed E-state index contributed by atoms with van der Waals surface area (Å²) in [5.74, 6) is -0.897. The molecule has 0 radical (unpaired) electrons. The van der Waals surface area contributed by atoms with Crippen LogP contribution in [0.2, 0.25) is 0 Å². The molecule has 10 nitrogen and oxygen atoms in total. The van der Waals surface area contributed by atoms with Crippen LogP contribution in [0.15, 0.2) is 53.3 Å². The zero-order valence-electron chi connectivity index (χ0n) is 21.2. The van der Waals surface area contributed by atoms with E-state index < -0.39 is 5.91 Å². The number of rotatable bonds is 9. The second kappa shape index (κ2) is 12.9. The standard InChI is InChI=1S/C27H27N7O3S/c1-4-34-26(37)23(38-27(34)22(15-29)25(36)30-12-11-28)16-31-19-8-6-9-20(14-19)32-24(35)17-33(3)21-10-5-7-18(2)13-21/h5-10,13-14,16,31H,4,12,17H2,1-3H3,(H,30,36)(H,32,35). The molecule has 0 saturated heterocycles. The number of nitriles is 2. The molecule has 194 valence electrons. The van der Waals surface area contributed by atoms with E-state index in [9.17, 15) is 19.6 Å². The van der Waals surface area contributed by atoms with E-state index in [-0.39, 0.29) is 45.9 Å². The van der Waals surface area contributed by atoms with Gasteiger partial charge in [0.1, 0.15) is 21.8 Å². The van der Waals surface area contributed by atoms with Crippen molar-refractivity contribution >= 4 is 52.0 Å². The van der Waals surface area contributed by atoms with E-state index in [2.05, 4.69) is 16.0 Å². The smallest absolute Gasteiger partial charge is 0.270 e. The van der Waals surface area contributed by atoms with Gasteiger partial charge in [0, 0.05) is 36.9 Å². The van der Waals surface area contributed by atoms with Gasteiger partial charge in [-0.2, -0.15) is 10.5 Å². The number of nitrogens with zero attached hydrogens (tertiary/aromatic N) is 4. The van der Waals surface area contributed by atoms with Crippen LogP contribution < -0.4 is 35.6 Å². The third kappa shape index (κ3) is 6.87. The fourth-order valence-electron chi connectivity index (χ4n) is 3.60. The highest BCUT2D eigenvalue weighted by Gasteiger charge is 2.15. The molecule has 0 unspecified atom stereocenters. The third-order valence-corrected chi connectivity index (χ3v) is 6.57. The molecule has 3 N–H and O–H groups in total. The van der Waals surface area contributed by atoms with E-state index in [1.165, 1.54) is 10.8 Å². The van der Waals surface area contributed by atoms with Gasteiger partial charge in [-0.1, -0.05) is 18.2 Å². The summed E-state index contributed by atoms with van der Waals surface area (Å²) in [6.45, 7) is 3.91. The van der Waals surface area contributed by atoms with Crippen molar-refractivity contribution in [3.63, 3.8) is 0 Å². The fourth-order valence-corrected chi connectivity index (χ4v) is 4.69. The Bertz CT molecular complexity index is 1610. The molecule has 38 heavy (non-hydrogen) atoms. The van der Waals surface area contributed by atoms with Crippen molar-refractivity contribution in [2.45, 2.75) is 20.4 Å². The monoisotopic (exact) mass is 529 g/mol. The molecule has 0 aliphatic heterocycles. The van der Waals surface area contributed by atoms with Crippen molar-refractivity contribution < 1.29 is 9.59 Å². The number of carbonyl (C=O) groups excluding carboxylic acids is 2. The molecule has 0 fully saturated rings. The fraction of sp³-hybridized carbons (Fsp3) is 0.222. The largest absolute Gasteiger partial charge is 0.365 e. The maximum absolute atomic E-state index is 12.9. The highest BCUT2D eigenvalue weighted by Crippen LogP contribution is 2.17. The van der Waals surface area contributed by atoms with Crippen LogP contribution in [0.25, 0.3) is 11.8 Å². The third-order valence-electron chi connectivity index (χ3n) is 5.44. The molecular weight excluding hydrogens is 502 g/mol. The first-order valence-electron chi connectivity index (χ1n) is 11.7. The lowest BCUT2D eigenvalue weighted by atomic mass is 10.2. The van der Waals surface area contributed by atoms with Crippen LogP contribution in [0.3, 0.4) is 0 Å². The van der Waals surface area contributed by atoms with Crippen molar-refractivity contribution in [3.05, 3.63) is 73.6 Å². The number of carbonyl (C=O) groups is 2. The second-order valence-electron chi connectivity index (χ2n) is 8.26. The molecule has 3 rings (SSSR count). The number of anilines is 3. The summed E-state index contributed by atoms with van der Waals surface area (Å²) in [5, 5.41) is 26.4. The summed E-state index contributed by atoms with van der Waals surface area (Å²) in [6, 6.07) is 18.5. The molecule has 0 atom stereocenters. The van der Waals surface area contributed by atoms with E-state index in [0.29, 0.717) is 11.4 Å². The predicted octanol–water partition coefficient (Wildman–Crippen LogP) is 1.48. The molecule has 2 amide bonds. The van der Waals surface area contributed by atoms with Crippen molar-refractivity contribution in [2.24, 2.45) is 0 Å². The number of hydrogen-bond acceptors (Lipinski definition) is 8. The SMILES string of the molecule is CCn1c(=C(C#N)C(=O)NCC#N)sc(=CNc2cccc(NC(=O)CN(C)c3cccc(C)c3)c2)c1=O. The molecule has 0 aliphatic rings. The van der Waals surface area contributed by atoms with Gasteiger partial charge in [-0.15, -0.1) is 11.3 Å². The molecular formula is C27H27N7O3S. The number of thiazole rings is 1. The highest BCUT2D eigenvalue weighted by atomic mass is 32.1. The molecule has 2 aromatic carbocycles. The molecule has 0 spiro atoms. The van der Waals surface area contributed by atoms with Crippen LogP contribution in [-0.4, -0.2) is 36.5 Å². The van der Waals surface area contributed by atoms with E-state index in [1.807, 2.05) is 49.2 Å². The zero-order valence-corrected chi connectivity index (χ0v) is 22.1. The van der Waals surface area contributed by atoms with Crippen LogP contribution in [0, 0.1) is 29.6 Å². The average molecular weight is 530 g/mol. The van der Waals surface area contributed by atoms with Gasteiger partial charge in [0.15, 0.2) is 5.57 Å². The maximum Gasteiger partial charge on any atom is 0.270 e. The van der Waals surface area contributed by atoms with Crippen molar-refractivity contribution in [2.75, 3.05) is 35.7 Å². The molecule has 0 aliphatic carbocycles. The molecule has 1 aromatic heterocycles. The summed E-state index contributed by atoms with van der Waals surface area (Å²) in [4.78, 5) is 39.6. The summed E-state index contributed by atoms with van der Waals surface area (Å²) in [6.07, 6.45) is 1.50. The Labute approximate surface area is 223 Å². The lowest BCUT2D eigenvalue weighted by Crippen LogP contribution is -2.34. The first-order chi connectivity index (χ1) is 18.3. The van der Waals surface area contributed by atoms with Crippen LogP contribution in [-0.2, 0) is 16.1 Å². The molecule has 1 heterocycles. The Balaban J connectivity index is 1.79. The molecule has 0 saturated carbocycles. The van der Waals surface area contributed by atoms with Gasteiger partial charge in [0.05, 0.1) is 12.6 Å². The second-order valence-corrected chi connectivity index (χ2v) is 9.29. The van der Waals surface area contributed by atoms with Gasteiger partial charge < -0.3 is 20.9 Å². The lowest BCUT2D eigenvalue weighted by Gasteiger charge is -2.19. The van der Waals surface area contributed by atoms with Crippen LogP contribution in [0.5, 0.6) is 0 Å². The van der Waals surface area contributed by atoms with E-state index in [4.69, 9.17) is 5.26 Å². The molecule has 3 aromatic rings. The number of nitrogens with one attached hydrogen (secondary N) is 3. The van der Waals surface area contributed by atoms with E-state index in [0.717, 1.165) is 22.6 Å². The Kier molecular flexibility index (Phi) is 9.41. The number of likely N-dealkylation sites (N-methyl/N-ethyl adjacent to an activating group) is 1. The van der Waals surface area contributed by atoms with Crippen LogP contribution >= 0.6 is 11.3 Å². The summed E-state index contributed by atoms with van der Waals surface area (Å²) >= 11 is 0.999. The Morgan fingerprint density at radius 3 is 2.55 bits per heavy atom. The zero-order chi connectivity index (χ0) is 27.7. The highest BCUT2D eigenvalue weighted by molar-refractivity contribution is 7.07. The minimum atomic E-state index is -0.714. The minimum absolute atomic E-state index is 0.168. The first kappa shape index (κ1) is 27.7. The molecule has 11 heteroatoms. The average Bonchev–Trinajstić information content (AvgIpc) is 3.21. The van der Waals surface area contributed by atoms with Gasteiger partial charge in [-0.25, -0.2) is 0 Å². The quantitative estimate of drug-likeness (QED) is 0.356. The number of hydrogen-bond donors (Lipinski definition) is 3. The maximum atomic E-state index is 12.9. The number of benzene rings is 2. The van der Waals surface area contributed by atoms with Gasteiger partial charge in [0.25, 0.3) is 11.5 Å². The normalized spacial score (nSPS) is 11.7. The van der Waals surface area contributed by atoms with Gasteiger partial charge in [-0.05, 0) is 49.7 Å². The lowest BCUT2D eigenvalue weighted by molar-refractivity contribution is -0.116. The minimum Gasteiger partial charge on any atom is -0.365 e. The molecule has 0 bridgehead atoms. The van der Waals surface area contributed by atoms with Crippen LogP contribution in [0.1, 0.15) is 12.5 Å². The Morgan fingerprint density at radius 1 is 1.13 bits per heavy atom. The first-order valence-corrected chi connectivity index (χ1v) is 12.5. The number of aromatic nitrogens is 1. The van der Waals surface area contributed by atoms with Crippen molar-refractivity contribution in [1.29, 1.82) is 10.5 Å². The van der Waals surface area contributed by atoms with Gasteiger partial charge in [0.2, 0.25) is 5.91 Å². The number of aryl methyl sites for hydroxylation is 1. The van der Waals surface area contributed by atoms with Crippen molar-refractivity contribution in [3.8, 4) is 12.1 Å². The predicted molar refractivity (Wildman–Crippen MR) is 149 cm³/mol. The van der Waals surface area contributed by atoms with E-state index in [1.54, 1.807) is 37.3 Å². The Morgan fingerprint density at radius 2 is 1.87 bits per heavy atom. The topological polar surface area (TPSA) is 143 Å². The summed E-state index contributed by atoms with van der Waals surface area (Å²) in [7, 11) is 1.85. The number of amides is 2. The van der Waals surface area contributed by atoms with Gasteiger partial charge >= 0.3 is 0 Å². The van der Waals surface area contributed by atoms with Gasteiger partial charge in [-0.3, -0.25) is 19.0 Å².